The summed E-state index contributed by atoms with van der Waals surface area (Å²) in [6.45, 7) is 3.78. The molecule has 3 heteroatoms. The molecule has 0 amide bonds. The van der Waals surface area contributed by atoms with Crippen LogP contribution in [0.1, 0.15) is 18.5 Å². The minimum absolute atomic E-state index is 0.725. The molecule has 1 aromatic heterocycles. The average Bonchev–Trinajstić information content (AvgIpc) is 2.43. The zero-order valence-corrected chi connectivity index (χ0v) is 7.71. The smallest absolute Gasteiger partial charge is 0.297 e. The first-order valence-electron chi connectivity index (χ1n) is 4.49. The largest absolute Gasteiger partial charge is 0.432 e. The number of aryl methyl sites for hydroxylation is 1. The van der Waals surface area contributed by atoms with Crippen LogP contribution in [0.15, 0.2) is 10.7 Å². The van der Waals surface area contributed by atoms with E-state index in [1.54, 1.807) is 6.26 Å². The molecule has 0 fully saturated rings. The molecule has 68 valence electrons. The third-order valence-corrected chi connectivity index (χ3v) is 2.02. The number of aromatic nitrogens is 1. The molecule has 0 aromatic carbocycles. The predicted octanol–water partition coefficient (Wildman–Crippen LogP) is 1.59. The van der Waals surface area contributed by atoms with Gasteiger partial charge in [-0.15, -0.1) is 11.8 Å². The van der Waals surface area contributed by atoms with E-state index >= 15 is 0 Å². The van der Waals surface area contributed by atoms with Gasteiger partial charge in [0.15, 0.2) is 0 Å². The van der Waals surface area contributed by atoms with Gasteiger partial charge in [-0.25, -0.2) is 0 Å². The molecule has 0 saturated heterocycles. The Kier molecular flexibility index (Phi) is 2.22. The van der Waals surface area contributed by atoms with E-state index in [1.165, 1.54) is 0 Å². The summed E-state index contributed by atoms with van der Waals surface area (Å²) >= 11 is 0. The van der Waals surface area contributed by atoms with Gasteiger partial charge in [-0.2, -0.15) is 4.98 Å². The maximum Gasteiger partial charge on any atom is 0.297 e. The van der Waals surface area contributed by atoms with Crippen molar-refractivity contribution >= 4 is 6.01 Å². The second-order valence-corrected chi connectivity index (χ2v) is 3.11. The Labute approximate surface area is 77.8 Å². The second kappa shape index (κ2) is 3.53. The number of hydrogen-bond acceptors (Lipinski definition) is 3. The lowest BCUT2D eigenvalue weighted by Crippen LogP contribution is -2.24. The molecule has 3 nitrogen and oxygen atoms in total. The van der Waals surface area contributed by atoms with Crippen molar-refractivity contribution in [2.75, 3.05) is 18.0 Å². The number of oxazole rings is 1. The fourth-order valence-electron chi connectivity index (χ4n) is 1.35. The van der Waals surface area contributed by atoms with Crippen molar-refractivity contribution < 1.29 is 4.42 Å². The van der Waals surface area contributed by atoms with Gasteiger partial charge >= 0.3 is 0 Å². The lowest BCUT2D eigenvalue weighted by molar-refractivity contribution is 0.535. The molecule has 0 spiro atoms. The monoisotopic (exact) mass is 176 g/mol. The molecular weight excluding hydrogens is 164 g/mol. The molecular formula is C10H12N2O. The van der Waals surface area contributed by atoms with E-state index in [2.05, 4.69) is 21.7 Å². The van der Waals surface area contributed by atoms with Crippen molar-refractivity contribution in [2.24, 2.45) is 0 Å². The standard InChI is InChI=1S/C10H12N2O/c1-9-8-13-10(11-9)12-6-4-2-3-5-7-12/h8H,4-7H2,1H3. The SMILES string of the molecule is Cc1coc(N2CCC#CCC2)n1. The summed E-state index contributed by atoms with van der Waals surface area (Å²) < 4.78 is 5.32. The van der Waals surface area contributed by atoms with Gasteiger partial charge in [0.2, 0.25) is 0 Å². The van der Waals surface area contributed by atoms with Crippen LogP contribution < -0.4 is 4.90 Å². The van der Waals surface area contributed by atoms with Gasteiger partial charge in [-0.3, -0.25) is 0 Å². The third kappa shape index (κ3) is 1.83. The third-order valence-electron chi connectivity index (χ3n) is 2.02. The van der Waals surface area contributed by atoms with E-state index in [9.17, 15) is 0 Å². The minimum Gasteiger partial charge on any atom is -0.432 e. The van der Waals surface area contributed by atoms with Gasteiger partial charge in [0.25, 0.3) is 6.01 Å². The van der Waals surface area contributed by atoms with Gasteiger partial charge in [-0.05, 0) is 6.92 Å². The molecule has 2 heterocycles. The van der Waals surface area contributed by atoms with E-state index in [-0.39, 0.29) is 0 Å². The Morgan fingerprint density at radius 2 is 2.08 bits per heavy atom. The molecule has 0 bridgehead atoms. The predicted molar refractivity (Wildman–Crippen MR) is 50.5 cm³/mol. The number of rotatable bonds is 1. The lowest BCUT2D eigenvalue weighted by atomic mass is 10.4. The summed E-state index contributed by atoms with van der Waals surface area (Å²) in [5.74, 6) is 6.19. The quantitative estimate of drug-likeness (QED) is 0.608. The van der Waals surface area contributed by atoms with E-state index < -0.39 is 0 Å². The number of hydrogen-bond donors (Lipinski definition) is 0. The Hall–Kier alpha value is -1.43. The van der Waals surface area contributed by atoms with Gasteiger partial charge in [0, 0.05) is 25.9 Å². The van der Waals surface area contributed by atoms with Crippen molar-refractivity contribution in [3.63, 3.8) is 0 Å². The molecule has 0 unspecified atom stereocenters. The summed E-state index contributed by atoms with van der Waals surface area (Å²) in [6, 6.07) is 0.725. The fraction of sp³-hybridized carbons (Fsp3) is 0.500. The van der Waals surface area contributed by atoms with Gasteiger partial charge in [-0.1, -0.05) is 0 Å². The van der Waals surface area contributed by atoms with E-state index in [0.717, 1.165) is 37.6 Å². The van der Waals surface area contributed by atoms with E-state index in [1.807, 2.05) is 6.92 Å². The fourth-order valence-corrected chi connectivity index (χ4v) is 1.35. The molecule has 1 aliphatic rings. The lowest BCUT2D eigenvalue weighted by Gasteiger charge is -2.16. The molecule has 0 radical (unpaired) electrons. The molecule has 0 saturated carbocycles. The normalized spacial score (nSPS) is 16.2. The zero-order chi connectivity index (χ0) is 9.10. The number of nitrogens with zero attached hydrogens (tertiary/aromatic N) is 2. The van der Waals surface area contributed by atoms with Crippen molar-refractivity contribution in [3.05, 3.63) is 12.0 Å². The van der Waals surface area contributed by atoms with Crippen LogP contribution in [0.3, 0.4) is 0 Å². The Morgan fingerprint density at radius 3 is 2.62 bits per heavy atom. The topological polar surface area (TPSA) is 29.3 Å². The number of anilines is 1. The minimum atomic E-state index is 0.725. The molecule has 13 heavy (non-hydrogen) atoms. The average molecular weight is 176 g/mol. The van der Waals surface area contributed by atoms with Crippen molar-refractivity contribution in [3.8, 4) is 11.8 Å². The van der Waals surface area contributed by atoms with Crippen molar-refractivity contribution in [2.45, 2.75) is 19.8 Å². The van der Waals surface area contributed by atoms with E-state index in [4.69, 9.17) is 4.42 Å². The maximum absolute atomic E-state index is 5.32. The summed E-state index contributed by atoms with van der Waals surface area (Å²) in [6.07, 6.45) is 3.49. The van der Waals surface area contributed by atoms with Crippen LogP contribution in [0.25, 0.3) is 0 Å². The van der Waals surface area contributed by atoms with Crippen LogP contribution in [-0.2, 0) is 0 Å². The molecule has 2 rings (SSSR count). The maximum atomic E-state index is 5.32. The first-order valence-corrected chi connectivity index (χ1v) is 4.49. The van der Waals surface area contributed by atoms with Crippen LogP contribution in [0.5, 0.6) is 0 Å². The van der Waals surface area contributed by atoms with Crippen LogP contribution in [0.4, 0.5) is 6.01 Å². The van der Waals surface area contributed by atoms with E-state index in [0.29, 0.717) is 0 Å². The molecule has 0 N–H and O–H groups in total. The highest BCUT2D eigenvalue weighted by molar-refractivity contribution is 5.28. The van der Waals surface area contributed by atoms with Crippen LogP contribution in [-0.4, -0.2) is 18.1 Å². The Balaban J connectivity index is 2.08. The zero-order valence-electron chi connectivity index (χ0n) is 7.71. The molecule has 0 aliphatic carbocycles. The first-order chi connectivity index (χ1) is 6.36. The van der Waals surface area contributed by atoms with Gasteiger partial charge in [0.1, 0.15) is 6.26 Å². The summed E-state index contributed by atoms with van der Waals surface area (Å²) in [4.78, 5) is 6.40. The second-order valence-electron chi connectivity index (χ2n) is 3.11. The molecule has 0 atom stereocenters. The highest BCUT2D eigenvalue weighted by atomic mass is 16.4. The summed E-state index contributed by atoms with van der Waals surface area (Å²) in [5, 5.41) is 0. The summed E-state index contributed by atoms with van der Waals surface area (Å²) in [5.41, 5.74) is 0.931. The van der Waals surface area contributed by atoms with Crippen molar-refractivity contribution in [1.82, 2.24) is 4.98 Å². The molecule has 1 aromatic rings. The molecule has 1 aliphatic heterocycles. The highest BCUT2D eigenvalue weighted by Crippen LogP contribution is 2.14. The Bertz CT molecular complexity index is 333. The van der Waals surface area contributed by atoms with Crippen LogP contribution in [0, 0.1) is 18.8 Å². The summed E-state index contributed by atoms with van der Waals surface area (Å²) in [7, 11) is 0. The first kappa shape index (κ1) is 8.18. The Morgan fingerprint density at radius 1 is 1.38 bits per heavy atom. The van der Waals surface area contributed by atoms with Crippen LogP contribution in [0.2, 0.25) is 0 Å². The van der Waals surface area contributed by atoms with Crippen LogP contribution >= 0.6 is 0 Å². The van der Waals surface area contributed by atoms with Gasteiger partial charge in [0.05, 0.1) is 5.69 Å². The highest BCUT2D eigenvalue weighted by Gasteiger charge is 2.11. The van der Waals surface area contributed by atoms with Crippen molar-refractivity contribution in [1.29, 1.82) is 0 Å². The van der Waals surface area contributed by atoms with Gasteiger partial charge < -0.3 is 9.32 Å².